The van der Waals surface area contributed by atoms with Crippen molar-refractivity contribution in [3.8, 4) is 11.5 Å². The normalized spacial score (nSPS) is 11.9. The molecule has 2 N–H and O–H groups in total. The molecule has 0 amide bonds. The van der Waals surface area contributed by atoms with Gasteiger partial charge in [-0.2, -0.15) is 0 Å². The van der Waals surface area contributed by atoms with Crippen molar-refractivity contribution in [3.63, 3.8) is 0 Å². The molecule has 0 aliphatic heterocycles. The van der Waals surface area contributed by atoms with E-state index in [1.165, 1.54) is 0 Å². The first-order valence-electron chi connectivity index (χ1n) is 10.4. The van der Waals surface area contributed by atoms with Crippen LogP contribution >= 0.6 is 0 Å². The number of aromatic hydroxyl groups is 2. The summed E-state index contributed by atoms with van der Waals surface area (Å²) >= 11 is 0. The molecule has 4 nitrogen and oxygen atoms in total. The van der Waals surface area contributed by atoms with Gasteiger partial charge in [-0.25, -0.2) is 0 Å². The molecule has 0 unspecified atom stereocenters. The minimum atomic E-state index is 0.253. The summed E-state index contributed by atoms with van der Waals surface area (Å²) in [6, 6.07) is 30.7. The van der Waals surface area contributed by atoms with Crippen molar-refractivity contribution in [1.82, 2.24) is 0 Å². The van der Waals surface area contributed by atoms with Crippen LogP contribution in [0.2, 0.25) is 0 Å². The second-order valence-corrected chi connectivity index (χ2v) is 7.83. The van der Waals surface area contributed by atoms with E-state index in [0.717, 1.165) is 54.5 Å². The highest BCUT2D eigenvalue weighted by molar-refractivity contribution is 6.14. The summed E-state index contributed by atoms with van der Waals surface area (Å²) < 4.78 is 0. The van der Waals surface area contributed by atoms with E-state index in [2.05, 4.69) is 10.2 Å². The molecular weight excluding hydrogens is 396 g/mol. The standard InChI is InChI=1S/C28H18N2O2/c31-25-11-1-5-17-13-15-19-21(27(17)25)7-3-9-23(19)29-30-24-10-4-8-22-20(24)16-14-18-6-2-12-26(32)28(18)22/h1-16,31-32H. The van der Waals surface area contributed by atoms with Gasteiger partial charge in [0, 0.05) is 21.5 Å². The minimum absolute atomic E-state index is 0.253. The number of hydrogen-bond acceptors (Lipinski definition) is 4. The van der Waals surface area contributed by atoms with E-state index in [-0.39, 0.29) is 11.5 Å². The van der Waals surface area contributed by atoms with E-state index in [1.807, 2.05) is 84.9 Å². The quantitative estimate of drug-likeness (QED) is 0.222. The fraction of sp³-hybridized carbons (Fsp3) is 0. The summed E-state index contributed by atoms with van der Waals surface area (Å²) in [4.78, 5) is 0. The lowest BCUT2D eigenvalue weighted by molar-refractivity contribution is 0.481. The van der Waals surface area contributed by atoms with Crippen LogP contribution in [-0.4, -0.2) is 10.2 Å². The van der Waals surface area contributed by atoms with Gasteiger partial charge in [0.05, 0.1) is 11.4 Å². The van der Waals surface area contributed by atoms with Crippen LogP contribution in [0.25, 0.3) is 43.1 Å². The molecule has 0 heterocycles. The monoisotopic (exact) mass is 414 g/mol. The van der Waals surface area contributed by atoms with E-state index in [9.17, 15) is 10.2 Å². The van der Waals surface area contributed by atoms with Crippen LogP contribution < -0.4 is 0 Å². The fourth-order valence-corrected chi connectivity index (χ4v) is 4.50. The minimum Gasteiger partial charge on any atom is -0.507 e. The Morgan fingerprint density at radius 2 is 0.844 bits per heavy atom. The second kappa shape index (κ2) is 7.06. The van der Waals surface area contributed by atoms with Crippen LogP contribution in [0.15, 0.2) is 107 Å². The highest BCUT2D eigenvalue weighted by Crippen LogP contribution is 2.39. The number of nitrogens with zero attached hydrogens (tertiary/aromatic N) is 2. The molecule has 6 rings (SSSR count). The number of fused-ring (bicyclic) bond motifs is 6. The van der Waals surface area contributed by atoms with Gasteiger partial charge in [0.2, 0.25) is 0 Å². The lowest BCUT2D eigenvalue weighted by Crippen LogP contribution is -1.80. The maximum atomic E-state index is 10.4. The highest BCUT2D eigenvalue weighted by Gasteiger charge is 2.10. The zero-order valence-corrected chi connectivity index (χ0v) is 17.0. The molecular formula is C28H18N2O2. The lowest BCUT2D eigenvalue weighted by atomic mass is 10.00. The molecule has 0 aliphatic carbocycles. The van der Waals surface area contributed by atoms with E-state index in [0.29, 0.717) is 0 Å². The van der Waals surface area contributed by atoms with Gasteiger partial charge in [-0.1, -0.05) is 72.8 Å². The Morgan fingerprint density at radius 1 is 0.406 bits per heavy atom. The Morgan fingerprint density at radius 3 is 1.31 bits per heavy atom. The van der Waals surface area contributed by atoms with E-state index >= 15 is 0 Å². The van der Waals surface area contributed by atoms with Crippen molar-refractivity contribution in [2.45, 2.75) is 0 Å². The number of phenolic OH excluding ortho intramolecular Hbond substituents is 2. The Kier molecular flexibility index (Phi) is 4.05. The van der Waals surface area contributed by atoms with Gasteiger partial charge >= 0.3 is 0 Å². The fourth-order valence-electron chi connectivity index (χ4n) is 4.50. The van der Waals surface area contributed by atoms with Gasteiger partial charge in [0.25, 0.3) is 0 Å². The summed E-state index contributed by atoms with van der Waals surface area (Å²) in [7, 11) is 0. The summed E-state index contributed by atoms with van der Waals surface area (Å²) in [6.45, 7) is 0. The molecule has 0 saturated carbocycles. The van der Waals surface area contributed by atoms with E-state index in [1.54, 1.807) is 12.1 Å². The van der Waals surface area contributed by atoms with E-state index < -0.39 is 0 Å². The number of benzene rings is 6. The summed E-state index contributed by atoms with van der Waals surface area (Å²) in [6.07, 6.45) is 0. The van der Waals surface area contributed by atoms with Gasteiger partial charge in [-0.05, 0) is 45.8 Å². The van der Waals surface area contributed by atoms with Gasteiger partial charge in [-0.15, -0.1) is 10.2 Å². The first-order chi connectivity index (χ1) is 15.7. The Labute approximate surface area is 183 Å². The van der Waals surface area contributed by atoms with Crippen molar-refractivity contribution in [3.05, 3.63) is 97.1 Å². The zero-order valence-electron chi connectivity index (χ0n) is 17.0. The molecule has 0 spiro atoms. The summed E-state index contributed by atoms with van der Waals surface area (Å²) in [5.74, 6) is 0.505. The molecule has 152 valence electrons. The molecule has 0 atom stereocenters. The maximum absolute atomic E-state index is 10.4. The molecule has 0 saturated heterocycles. The van der Waals surface area contributed by atoms with Gasteiger partial charge < -0.3 is 10.2 Å². The number of rotatable bonds is 2. The van der Waals surface area contributed by atoms with Crippen LogP contribution in [0.4, 0.5) is 11.4 Å². The molecule has 0 radical (unpaired) electrons. The first-order valence-corrected chi connectivity index (χ1v) is 10.4. The molecule has 32 heavy (non-hydrogen) atoms. The molecule has 0 fully saturated rings. The average Bonchev–Trinajstić information content (AvgIpc) is 2.82. The van der Waals surface area contributed by atoms with Gasteiger partial charge in [0.1, 0.15) is 11.5 Å². The Bertz CT molecular complexity index is 1580. The van der Waals surface area contributed by atoms with Crippen molar-refractivity contribution < 1.29 is 10.2 Å². The molecule has 0 aromatic heterocycles. The third-order valence-electron chi connectivity index (χ3n) is 5.98. The molecule has 0 aliphatic rings. The van der Waals surface area contributed by atoms with Crippen LogP contribution in [0.3, 0.4) is 0 Å². The molecule has 6 aromatic rings. The Hall–Kier alpha value is -4.44. The average molecular weight is 414 g/mol. The van der Waals surface area contributed by atoms with Gasteiger partial charge in [0.15, 0.2) is 0 Å². The topological polar surface area (TPSA) is 65.2 Å². The third kappa shape index (κ3) is 2.77. The van der Waals surface area contributed by atoms with Crippen LogP contribution in [0.5, 0.6) is 11.5 Å². The van der Waals surface area contributed by atoms with Crippen LogP contribution in [0.1, 0.15) is 0 Å². The SMILES string of the molecule is Oc1cccc2ccc3c(N=Nc4cccc5c4ccc4cccc(O)c45)cccc3c12. The van der Waals surface area contributed by atoms with Crippen LogP contribution in [0, 0.1) is 0 Å². The maximum Gasteiger partial charge on any atom is 0.124 e. The molecule has 4 heteroatoms. The van der Waals surface area contributed by atoms with Gasteiger partial charge in [-0.3, -0.25) is 0 Å². The van der Waals surface area contributed by atoms with E-state index in [4.69, 9.17) is 0 Å². The van der Waals surface area contributed by atoms with Crippen molar-refractivity contribution in [2.24, 2.45) is 10.2 Å². The second-order valence-electron chi connectivity index (χ2n) is 7.83. The lowest BCUT2D eigenvalue weighted by Gasteiger charge is -2.08. The number of phenols is 2. The number of hydrogen-bond donors (Lipinski definition) is 2. The smallest absolute Gasteiger partial charge is 0.124 e. The van der Waals surface area contributed by atoms with Crippen LogP contribution in [-0.2, 0) is 0 Å². The predicted octanol–water partition coefficient (Wildman–Crippen LogP) is 8.13. The highest BCUT2D eigenvalue weighted by atomic mass is 16.3. The Balaban J connectivity index is 1.54. The third-order valence-corrected chi connectivity index (χ3v) is 5.98. The molecule has 6 aromatic carbocycles. The van der Waals surface area contributed by atoms with Crippen molar-refractivity contribution >= 4 is 54.5 Å². The summed E-state index contributed by atoms with van der Waals surface area (Å²) in [5, 5.41) is 37.3. The number of azo groups is 1. The van der Waals surface area contributed by atoms with Crippen molar-refractivity contribution in [2.75, 3.05) is 0 Å². The largest absolute Gasteiger partial charge is 0.507 e. The summed E-state index contributed by atoms with van der Waals surface area (Å²) in [5.41, 5.74) is 1.46. The first kappa shape index (κ1) is 18.3. The molecule has 0 bridgehead atoms. The zero-order chi connectivity index (χ0) is 21.7. The predicted molar refractivity (Wildman–Crippen MR) is 130 cm³/mol. The van der Waals surface area contributed by atoms with Crippen molar-refractivity contribution in [1.29, 1.82) is 0 Å².